The van der Waals surface area contributed by atoms with E-state index in [1.165, 1.54) is 41.6 Å². The molecule has 0 fully saturated rings. The normalized spacial score (nSPS) is 12.0. The average molecular weight is 454 g/mol. The minimum atomic E-state index is -0.350. The maximum Gasteiger partial charge on any atom is 0.233 e. The van der Waals surface area contributed by atoms with Gasteiger partial charge in [-0.15, -0.1) is 11.3 Å². The van der Waals surface area contributed by atoms with Crippen molar-refractivity contribution >= 4 is 39.2 Å². The van der Waals surface area contributed by atoms with E-state index in [0.717, 1.165) is 37.7 Å². The first-order chi connectivity index (χ1) is 15.0. The van der Waals surface area contributed by atoms with Gasteiger partial charge in [-0.25, -0.2) is 14.4 Å². The maximum atomic E-state index is 13.3. The van der Waals surface area contributed by atoms with Crippen molar-refractivity contribution in [3.8, 4) is 16.9 Å². The molecule has 1 amide bonds. The van der Waals surface area contributed by atoms with E-state index < -0.39 is 0 Å². The lowest BCUT2D eigenvalue weighted by Crippen LogP contribution is -2.30. The van der Waals surface area contributed by atoms with Gasteiger partial charge in [-0.3, -0.25) is 4.79 Å². The average Bonchev–Trinajstić information content (AvgIpc) is 3.23. The molecule has 1 unspecified atom stereocenters. The Bertz CT molecular complexity index is 1190. The van der Waals surface area contributed by atoms with Crippen molar-refractivity contribution in [1.82, 2.24) is 15.3 Å². The highest BCUT2D eigenvalue weighted by molar-refractivity contribution is 8.00. The van der Waals surface area contributed by atoms with Gasteiger partial charge in [0.1, 0.15) is 27.8 Å². The molecule has 5 nitrogen and oxygen atoms in total. The number of carbonyl (C=O) groups excluding carboxylic acids is 1. The highest BCUT2D eigenvalue weighted by atomic mass is 32.2. The van der Waals surface area contributed by atoms with Crippen LogP contribution >= 0.6 is 23.1 Å². The second-order valence-electron chi connectivity index (χ2n) is 6.84. The molecule has 0 saturated carbocycles. The van der Waals surface area contributed by atoms with Gasteiger partial charge < -0.3 is 10.1 Å². The number of nitrogens with one attached hydrogen (secondary N) is 1. The summed E-state index contributed by atoms with van der Waals surface area (Å²) in [6.45, 7) is 2.29. The predicted molar refractivity (Wildman–Crippen MR) is 123 cm³/mol. The van der Waals surface area contributed by atoms with Gasteiger partial charge in [-0.05, 0) is 42.3 Å². The van der Waals surface area contributed by atoms with E-state index in [9.17, 15) is 9.18 Å². The SMILES string of the molecule is COc1ccc(CNC(=O)C(C)Sc2ncnc3scc(-c4ccc(F)cc4)c23)cc1. The largest absolute Gasteiger partial charge is 0.497 e. The number of carbonyl (C=O) groups is 1. The molecule has 0 aliphatic carbocycles. The van der Waals surface area contributed by atoms with E-state index in [1.54, 1.807) is 19.2 Å². The van der Waals surface area contributed by atoms with Crippen LogP contribution in [-0.4, -0.2) is 28.2 Å². The Morgan fingerprint density at radius 2 is 1.90 bits per heavy atom. The first-order valence-corrected chi connectivity index (χ1v) is 11.4. The fourth-order valence-corrected chi connectivity index (χ4v) is 5.01. The minimum absolute atomic E-state index is 0.0776. The molecule has 0 radical (unpaired) electrons. The van der Waals surface area contributed by atoms with Crippen molar-refractivity contribution in [2.45, 2.75) is 23.7 Å². The molecule has 1 N–H and O–H groups in total. The van der Waals surface area contributed by atoms with Crippen molar-refractivity contribution in [3.63, 3.8) is 0 Å². The Balaban J connectivity index is 1.50. The number of benzene rings is 2. The summed E-state index contributed by atoms with van der Waals surface area (Å²) in [5.74, 6) is 0.418. The van der Waals surface area contributed by atoms with Crippen LogP contribution in [0.1, 0.15) is 12.5 Å². The molecule has 0 bridgehead atoms. The summed E-state index contributed by atoms with van der Waals surface area (Å²) in [5.41, 5.74) is 2.82. The molecule has 1 atom stereocenters. The Hall–Kier alpha value is -2.97. The molecule has 0 aliphatic heterocycles. The fourth-order valence-electron chi connectivity index (χ4n) is 3.08. The summed E-state index contributed by atoms with van der Waals surface area (Å²) in [7, 11) is 1.62. The lowest BCUT2D eigenvalue weighted by Gasteiger charge is -2.13. The van der Waals surface area contributed by atoms with Gasteiger partial charge in [-0.1, -0.05) is 36.0 Å². The van der Waals surface area contributed by atoms with Gasteiger partial charge >= 0.3 is 0 Å². The topological polar surface area (TPSA) is 64.1 Å². The highest BCUT2D eigenvalue weighted by Gasteiger charge is 2.19. The van der Waals surface area contributed by atoms with Gasteiger partial charge in [0.25, 0.3) is 0 Å². The van der Waals surface area contributed by atoms with E-state index in [2.05, 4.69) is 15.3 Å². The number of hydrogen-bond donors (Lipinski definition) is 1. The maximum absolute atomic E-state index is 13.3. The third kappa shape index (κ3) is 4.86. The monoisotopic (exact) mass is 453 g/mol. The zero-order valence-electron chi connectivity index (χ0n) is 17.0. The molecule has 4 rings (SSSR count). The quantitative estimate of drug-likeness (QED) is 0.304. The third-order valence-corrected chi connectivity index (χ3v) is 6.76. The summed E-state index contributed by atoms with van der Waals surface area (Å²) in [5, 5.41) is 6.23. The first kappa shape index (κ1) is 21.3. The summed E-state index contributed by atoms with van der Waals surface area (Å²) < 4.78 is 18.5. The lowest BCUT2D eigenvalue weighted by atomic mass is 10.1. The van der Waals surface area contributed by atoms with Crippen LogP contribution < -0.4 is 10.1 Å². The van der Waals surface area contributed by atoms with Crippen molar-refractivity contribution in [3.05, 3.63) is 71.6 Å². The van der Waals surface area contributed by atoms with Gasteiger partial charge in [0.2, 0.25) is 5.91 Å². The third-order valence-electron chi connectivity index (χ3n) is 4.77. The standard InChI is InChI=1S/C23H20FN3O2S2/c1-14(21(28)25-11-15-3-9-18(29-2)10-4-15)31-23-20-19(12-30-22(20)26-13-27-23)16-5-7-17(24)8-6-16/h3-10,12-14H,11H2,1-2H3,(H,25,28). The van der Waals surface area contributed by atoms with Gasteiger partial charge in [0.15, 0.2) is 0 Å². The number of thioether (sulfide) groups is 1. The zero-order valence-corrected chi connectivity index (χ0v) is 18.6. The number of nitrogens with zero attached hydrogens (tertiary/aromatic N) is 2. The minimum Gasteiger partial charge on any atom is -0.497 e. The number of ether oxygens (including phenoxy) is 1. The number of halogens is 1. The van der Waals surface area contributed by atoms with Crippen LogP contribution in [0.15, 0.2) is 65.3 Å². The van der Waals surface area contributed by atoms with Crippen LogP contribution in [0.25, 0.3) is 21.3 Å². The lowest BCUT2D eigenvalue weighted by molar-refractivity contribution is -0.120. The number of hydrogen-bond acceptors (Lipinski definition) is 6. The zero-order chi connectivity index (χ0) is 21.8. The molecular weight excluding hydrogens is 433 g/mol. The van der Waals surface area contributed by atoms with E-state index in [1.807, 2.05) is 36.6 Å². The smallest absolute Gasteiger partial charge is 0.233 e. The van der Waals surface area contributed by atoms with Crippen LogP contribution in [0.3, 0.4) is 0 Å². The van der Waals surface area contributed by atoms with Gasteiger partial charge in [-0.2, -0.15) is 0 Å². The summed E-state index contributed by atoms with van der Waals surface area (Å²) in [6.07, 6.45) is 1.51. The van der Waals surface area contributed by atoms with Gasteiger partial charge in [0, 0.05) is 17.5 Å². The molecule has 8 heteroatoms. The van der Waals surface area contributed by atoms with Crippen molar-refractivity contribution in [2.75, 3.05) is 7.11 Å². The van der Waals surface area contributed by atoms with E-state index in [0.29, 0.717) is 6.54 Å². The number of aromatic nitrogens is 2. The molecule has 31 heavy (non-hydrogen) atoms. The molecule has 2 aromatic carbocycles. The number of fused-ring (bicyclic) bond motifs is 1. The highest BCUT2D eigenvalue weighted by Crippen LogP contribution is 2.39. The molecule has 0 spiro atoms. The Labute approximate surface area is 187 Å². The van der Waals surface area contributed by atoms with Crippen molar-refractivity contribution in [2.24, 2.45) is 0 Å². The van der Waals surface area contributed by atoms with Crippen LogP contribution in [-0.2, 0) is 11.3 Å². The predicted octanol–water partition coefficient (Wildman–Crippen LogP) is 5.30. The molecule has 158 valence electrons. The second-order valence-corrected chi connectivity index (χ2v) is 9.03. The Morgan fingerprint density at radius 3 is 2.61 bits per heavy atom. The number of amides is 1. The number of methoxy groups -OCH3 is 1. The summed E-state index contributed by atoms with van der Waals surface area (Å²) in [6, 6.07) is 13.9. The van der Waals surface area contributed by atoms with Crippen LogP contribution in [0.4, 0.5) is 4.39 Å². The fraction of sp³-hybridized carbons (Fsp3) is 0.174. The molecule has 4 aromatic rings. The molecular formula is C23H20FN3O2S2. The molecule has 0 aliphatic rings. The summed E-state index contributed by atoms with van der Waals surface area (Å²) >= 11 is 2.89. The van der Waals surface area contributed by atoms with E-state index >= 15 is 0 Å². The molecule has 2 heterocycles. The van der Waals surface area contributed by atoms with E-state index in [-0.39, 0.29) is 17.0 Å². The first-order valence-electron chi connectivity index (χ1n) is 9.60. The summed E-state index contributed by atoms with van der Waals surface area (Å²) in [4.78, 5) is 22.3. The Morgan fingerprint density at radius 1 is 1.16 bits per heavy atom. The van der Waals surface area contributed by atoms with E-state index in [4.69, 9.17) is 4.74 Å². The molecule has 0 saturated heterocycles. The van der Waals surface area contributed by atoms with Crippen LogP contribution in [0.2, 0.25) is 0 Å². The van der Waals surface area contributed by atoms with Crippen molar-refractivity contribution in [1.29, 1.82) is 0 Å². The van der Waals surface area contributed by atoms with Crippen LogP contribution in [0, 0.1) is 5.82 Å². The van der Waals surface area contributed by atoms with Gasteiger partial charge in [0.05, 0.1) is 17.7 Å². The number of thiophene rings is 1. The van der Waals surface area contributed by atoms with Crippen LogP contribution in [0.5, 0.6) is 5.75 Å². The molecule has 2 aromatic heterocycles. The Kier molecular flexibility index (Phi) is 6.48. The number of rotatable bonds is 7. The van der Waals surface area contributed by atoms with Crippen molar-refractivity contribution < 1.29 is 13.9 Å². The second kappa shape index (κ2) is 9.45.